The number of carboxylic acids is 1. The van der Waals surface area contributed by atoms with E-state index in [2.05, 4.69) is 10.6 Å². The van der Waals surface area contributed by atoms with Gasteiger partial charge in [0, 0.05) is 11.3 Å². The number of aliphatic carboxylic acids is 1. The van der Waals surface area contributed by atoms with Crippen molar-refractivity contribution in [1.29, 1.82) is 0 Å². The minimum Gasteiger partial charge on any atom is -0.496 e. The molecule has 1 aliphatic carbocycles. The van der Waals surface area contributed by atoms with Gasteiger partial charge in [-0.25, -0.2) is 0 Å². The molecule has 0 radical (unpaired) electrons. The molecule has 0 bridgehead atoms. The van der Waals surface area contributed by atoms with Crippen LogP contribution in [0.15, 0.2) is 48.5 Å². The molecule has 146 valence electrons. The monoisotopic (exact) mass is 382 g/mol. The van der Waals surface area contributed by atoms with Gasteiger partial charge in [0.25, 0.3) is 0 Å². The van der Waals surface area contributed by atoms with E-state index in [1.807, 2.05) is 24.3 Å². The second-order valence-corrected chi connectivity index (χ2v) is 6.78. The Hall–Kier alpha value is -3.35. The summed E-state index contributed by atoms with van der Waals surface area (Å²) in [5, 5.41) is 13.8. The van der Waals surface area contributed by atoms with Crippen molar-refractivity contribution in [3.8, 4) is 5.75 Å². The summed E-state index contributed by atoms with van der Waals surface area (Å²) in [6, 6.07) is 14.5. The minimum atomic E-state index is -1.09. The van der Waals surface area contributed by atoms with Crippen LogP contribution in [-0.4, -0.2) is 36.5 Å². The number of carbonyl (C=O) groups excluding carboxylic acids is 2. The summed E-state index contributed by atoms with van der Waals surface area (Å²) in [6.45, 7) is -0.405. The molecule has 0 atom stereocenters. The van der Waals surface area contributed by atoms with Gasteiger partial charge < -0.3 is 20.5 Å². The Labute approximate surface area is 162 Å². The van der Waals surface area contributed by atoms with Crippen molar-refractivity contribution in [2.45, 2.75) is 24.7 Å². The van der Waals surface area contributed by atoms with Crippen molar-refractivity contribution < 1.29 is 24.2 Å². The van der Waals surface area contributed by atoms with Gasteiger partial charge in [-0.3, -0.25) is 14.4 Å². The van der Waals surface area contributed by atoms with Crippen LogP contribution in [0, 0.1) is 0 Å². The van der Waals surface area contributed by atoms with E-state index in [0.29, 0.717) is 11.4 Å². The number of ether oxygens (including phenoxy) is 1. The zero-order chi connectivity index (χ0) is 20.1. The van der Waals surface area contributed by atoms with Crippen LogP contribution in [0.3, 0.4) is 0 Å². The fourth-order valence-corrected chi connectivity index (χ4v) is 3.16. The third kappa shape index (κ3) is 4.31. The highest BCUT2D eigenvalue weighted by Gasteiger charge is 2.52. The first-order valence-corrected chi connectivity index (χ1v) is 8.97. The second-order valence-electron chi connectivity index (χ2n) is 6.78. The summed E-state index contributed by atoms with van der Waals surface area (Å²) in [7, 11) is 1.60. The van der Waals surface area contributed by atoms with Gasteiger partial charge in [-0.05, 0) is 36.6 Å². The zero-order valence-corrected chi connectivity index (χ0v) is 15.5. The van der Waals surface area contributed by atoms with Gasteiger partial charge in [-0.1, -0.05) is 30.3 Å². The first-order chi connectivity index (χ1) is 13.4. The van der Waals surface area contributed by atoms with Crippen LogP contribution in [0.5, 0.6) is 5.75 Å². The smallest absolute Gasteiger partial charge is 0.322 e. The van der Waals surface area contributed by atoms with Gasteiger partial charge >= 0.3 is 5.97 Å². The van der Waals surface area contributed by atoms with Crippen LogP contribution in [0.2, 0.25) is 0 Å². The van der Waals surface area contributed by atoms with Crippen molar-refractivity contribution >= 4 is 23.5 Å². The number of anilines is 1. The molecule has 2 aromatic rings. The number of methoxy groups -OCH3 is 1. The molecule has 2 amide bonds. The zero-order valence-electron chi connectivity index (χ0n) is 15.5. The highest BCUT2D eigenvalue weighted by atomic mass is 16.5. The van der Waals surface area contributed by atoms with Crippen molar-refractivity contribution in [2.75, 3.05) is 19.0 Å². The number of hydrogen-bond donors (Lipinski definition) is 3. The number of nitrogens with one attached hydrogen (secondary N) is 2. The third-order valence-electron chi connectivity index (χ3n) is 4.82. The Bertz CT molecular complexity index is 888. The number of para-hydroxylation sites is 1. The topological polar surface area (TPSA) is 105 Å². The Balaban J connectivity index is 1.63. The number of carboxylic acid groups (broad SMARTS) is 1. The van der Waals surface area contributed by atoms with Gasteiger partial charge in [0.2, 0.25) is 11.8 Å². The fraction of sp³-hybridized carbons (Fsp3) is 0.286. The summed E-state index contributed by atoms with van der Waals surface area (Å²) in [5.41, 5.74) is 1.69. The highest BCUT2D eigenvalue weighted by Crippen LogP contribution is 2.51. The van der Waals surface area contributed by atoms with Crippen molar-refractivity contribution in [3.63, 3.8) is 0 Å². The lowest BCUT2D eigenvalue weighted by Gasteiger charge is -2.18. The lowest BCUT2D eigenvalue weighted by atomic mass is 9.94. The molecular weight excluding hydrogens is 360 g/mol. The Morgan fingerprint density at radius 3 is 2.36 bits per heavy atom. The van der Waals surface area contributed by atoms with Gasteiger partial charge in [-0.2, -0.15) is 0 Å². The third-order valence-corrected chi connectivity index (χ3v) is 4.82. The molecule has 0 heterocycles. The molecule has 3 N–H and O–H groups in total. The summed E-state index contributed by atoms with van der Waals surface area (Å²) >= 11 is 0. The molecule has 1 aliphatic rings. The molecule has 28 heavy (non-hydrogen) atoms. The van der Waals surface area contributed by atoms with Gasteiger partial charge in [0.15, 0.2) is 0 Å². The summed E-state index contributed by atoms with van der Waals surface area (Å²) in [6.07, 6.45) is 1.61. The highest BCUT2D eigenvalue weighted by molar-refractivity contribution is 6.02. The molecule has 1 saturated carbocycles. The van der Waals surface area contributed by atoms with Crippen LogP contribution in [0.25, 0.3) is 0 Å². The Kier molecular flexibility index (Phi) is 5.63. The molecule has 0 aromatic heterocycles. The summed E-state index contributed by atoms with van der Waals surface area (Å²) in [4.78, 5) is 35.0. The molecule has 1 fully saturated rings. The number of carbonyl (C=O) groups is 3. The average molecular weight is 382 g/mol. The van der Waals surface area contributed by atoms with E-state index in [1.54, 1.807) is 31.4 Å². The van der Waals surface area contributed by atoms with Crippen LogP contribution in [0.1, 0.15) is 24.0 Å². The van der Waals surface area contributed by atoms with E-state index >= 15 is 0 Å². The number of amides is 2. The Morgan fingerprint density at radius 2 is 1.75 bits per heavy atom. The molecule has 0 spiro atoms. The number of rotatable bonds is 8. The van der Waals surface area contributed by atoms with Gasteiger partial charge in [0.05, 0.1) is 18.9 Å². The lowest BCUT2D eigenvalue weighted by Crippen LogP contribution is -2.30. The largest absolute Gasteiger partial charge is 0.496 e. The molecule has 7 heteroatoms. The molecule has 0 aliphatic heterocycles. The molecular formula is C21H22N2O5. The SMILES string of the molecule is COc1ccccc1C1(C(=O)Nc2ccc(CC(=O)NCC(=O)O)cc2)CC1. The molecule has 2 aromatic carbocycles. The number of benzene rings is 2. The summed E-state index contributed by atoms with van der Waals surface area (Å²) in [5.74, 6) is -0.829. The van der Waals surface area contributed by atoms with E-state index in [4.69, 9.17) is 9.84 Å². The molecule has 0 unspecified atom stereocenters. The minimum absolute atomic E-state index is 0.0760. The van der Waals surface area contributed by atoms with Crippen molar-refractivity contribution in [3.05, 3.63) is 59.7 Å². The maximum absolute atomic E-state index is 12.9. The maximum atomic E-state index is 12.9. The predicted octanol–water partition coefficient (Wildman–Crippen LogP) is 2.11. The maximum Gasteiger partial charge on any atom is 0.322 e. The molecule has 0 saturated heterocycles. The first kappa shape index (κ1) is 19.4. The van der Waals surface area contributed by atoms with E-state index in [9.17, 15) is 14.4 Å². The quantitative estimate of drug-likeness (QED) is 0.649. The predicted molar refractivity (Wildman–Crippen MR) is 103 cm³/mol. The first-order valence-electron chi connectivity index (χ1n) is 8.97. The van der Waals surface area contributed by atoms with Crippen LogP contribution >= 0.6 is 0 Å². The van der Waals surface area contributed by atoms with E-state index in [1.165, 1.54) is 0 Å². The van der Waals surface area contributed by atoms with Crippen LogP contribution in [-0.2, 0) is 26.2 Å². The normalized spacial score (nSPS) is 14.0. The van der Waals surface area contributed by atoms with Gasteiger partial charge in [0.1, 0.15) is 12.3 Å². The summed E-state index contributed by atoms with van der Waals surface area (Å²) < 4.78 is 5.40. The van der Waals surface area contributed by atoms with Gasteiger partial charge in [-0.15, -0.1) is 0 Å². The van der Waals surface area contributed by atoms with E-state index in [-0.39, 0.29) is 18.2 Å². The van der Waals surface area contributed by atoms with E-state index in [0.717, 1.165) is 24.0 Å². The van der Waals surface area contributed by atoms with E-state index < -0.39 is 17.9 Å². The van der Waals surface area contributed by atoms with Crippen LogP contribution < -0.4 is 15.4 Å². The lowest BCUT2D eigenvalue weighted by molar-refractivity contribution is -0.137. The van der Waals surface area contributed by atoms with Crippen molar-refractivity contribution in [1.82, 2.24) is 5.32 Å². The van der Waals surface area contributed by atoms with Crippen LogP contribution in [0.4, 0.5) is 5.69 Å². The average Bonchev–Trinajstić information content (AvgIpc) is 3.50. The fourth-order valence-electron chi connectivity index (χ4n) is 3.16. The Morgan fingerprint density at radius 1 is 1.07 bits per heavy atom. The molecule has 7 nitrogen and oxygen atoms in total. The standard InChI is InChI=1S/C21H22N2O5/c1-28-17-5-3-2-4-16(17)21(10-11-21)20(27)23-15-8-6-14(7-9-15)12-18(24)22-13-19(25)26/h2-9H,10-13H2,1H3,(H,22,24)(H,23,27)(H,25,26). The second kappa shape index (κ2) is 8.12. The number of hydrogen-bond acceptors (Lipinski definition) is 4. The molecule has 3 rings (SSSR count). The van der Waals surface area contributed by atoms with Crippen molar-refractivity contribution in [2.24, 2.45) is 0 Å².